The van der Waals surface area contributed by atoms with E-state index >= 15 is 0 Å². The van der Waals surface area contributed by atoms with Crippen LogP contribution in [0.25, 0.3) is 0 Å². The molecule has 0 aliphatic rings. The molecular formula is C6H9NNiO7. The average Bonchev–Trinajstić information content (AvgIpc) is 1.82. The molecule has 9 heteroatoms. The largest absolute Gasteiger partial charge is 2.00 e. The predicted octanol–water partition coefficient (Wildman–Crippen LogP) is -3.76. The molecule has 0 fully saturated rings. The van der Waals surface area contributed by atoms with Crippen LogP contribution in [0, 0.1) is 0 Å². The average molecular weight is 266 g/mol. The molecule has 0 aromatic rings. The van der Waals surface area contributed by atoms with E-state index in [4.69, 9.17) is 10.2 Å². The van der Waals surface area contributed by atoms with Gasteiger partial charge in [0.1, 0.15) is 0 Å². The van der Waals surface area contributed by atoms with Crippen LogP contribution in [-0.4, -0.2) is 33.7 Å². The molecule has 0 rings (SSSR count). The molecular weight excluding hydrogens is 257 g/mol. The monoisotopic (exact) mass is 265 g/mol. The summed E-state index contributed by atoms with van der Waals surface area (Å²) >= 11 is 0. The van der Waals surface area contributed by atoms with Crippen molar-refractivity contribution in [2.45, 2.75) is 18.4 Å². The molecule has 90 valence electrons. The van der Waals surface area contributed by atoms with Crippen molar-refractivity contribution in [2.75, 3.05) is 0 Å². The van der Waals surface area contributed by atoms with E-state index in [0.29, 0.717) is 0 Å². The summed E-state index contributed by atoms with van der Waals surface area (Å²) < 4.78 is 0. The van der Waals surface area contributed by atoms with Crippen LogP contribution in [0.5, 0.6) is 0 Å². The van der Waals surface area contributed by atoms with Gasteiger partial charge in [-0.3, -0.25) is 0 Å². The molecule has 15 heavy (non-hydrogen) atoms. The van der Waals surface area contributed by atoms with Crippen molar-refractivity contribution in [1.29, 1.82) is 0 Å². The molecule has 0 saturated heterocycles. The summed E-state index contributed by atoms with van der Waals surface area (Å²) in [5.41, 5.74) is -2.86. The topological polar surface area (TPSA) is 173 Å². The molecule has 0 amide bonds. The van der Waals surface area contributed by atoms with E-state index < -0.39 is 36.4 Å². The van der Waals surface area contributed by atoms with Gasteiger partial charge in [-0.25, -0.2) is 4.79 Å². The van der Waals surface area contributed by atoms with Crippen molar-refractivity contribution in [3.05, 3.63) is 0 Å². The molecule has 8 nitrogen and oxygen atoms in total. The molecule has 0 atom stereocenters. The number of aliphatic hydroxyl groups is 1. The first-order valence-corrected chi connectivity index (χ1v) is 3.13. The SMILES string of the molecule is N.O=C([O-])CC(O)(CC(=O)[O-])C(=O)O.[Ni+2]. The normalized spacial score (nSPS) is 9.40. The van der Waals surface area contributed by atoms with Crippen LogP contribution in [0.3, 0.4) is 0 Å². The van der Waals surface area contributed by atoms with Crippen molar-refractivity contribution in [3.63, 3.8) is 0 Å². The summed E-state index contributed by atoms with van der Waals surface area (Å²) in [6, 6.07) is 0. The third-order valence-electron chi connectivity index (χ3n) is 1.27. The second kappa shape index (κ2) is 7.16. The van der Waals surface area contributed by atoms with Crippen molar-refractivity contribution < 1.29 is 51.3 Å². The first-order valence-electron chi connectivity index (χ1n) is 3.13. The van der Waals surface area contributed by atoms with Crippen molar-refractivity contribution in [1.82, 2.24) is 6.15 Å². The van der Waals surface area contributed by atoms with E-state index in [-0.39, 0.29) is 22.6 Å². The van der Waals surface area contributed by atoms with E-state index in [2.05, 4.69) is 0 Å². The van der Waals surface area contributed by atoms with Gasteiger partial charge in [0.25, 0.3) is 0 Å². The maximum Gasteiger partial charge on any atom is 2.00 e. The first-order chi connectivity index (χ1) is 5.78. The predicted molar refractivity (Wildman–Crippen MR) is 36.9 cm³/mol. The summed E-state index contributed by atoms with van der Waals surface area (Å²) in [5, 5.41) is 37.2. The van der Waals surface area contributed by atoms with Crippen molar-refractivity contribution >= 4 is 17.9 Å². The third kappa shape index (κ3) is 6.84. The first kappa shape index (κ1) is 19.4. The molecule has 0 aliphatic heterocycles. The maximum atomic E-state index is 10.3. The number of hydrogen-bond acceptors (Lipinski definition) is 7. The minimum atomic E-state index is -2.86. The van der Waals surface area contributed by atoms with Crippen LogP contribution < -0.4 is 16.4 Å². The van der Waals surface area contributed by atoms with Gasteiger partial charge in [-0.1, -0.05) is 0 Å². The van der Waals surface area contributed by atoms with Gasteiger partial charge in [0.05, 0.1) is 0 Å². The molecule has 5 N–H and O–H groups in total. The van der Waals surface area contributed by atoms with Gasteiger partial charge < -0.3 is 36.2 Å². The number of carbonyl (C=O) groups is 3. The summed E-state index contributed by atoms with van der Waals surface area (Å²) in [5.74, 6) is -5.65. The molecule has 0 aromatic heterocycles. The fourth-order valence-corrected chi connectivity index (χ4v) is 0.691. The van der Waals surface area contributed by atoms with Crippen LogP contribution >= 0.6 is 0 Å². The zero-order valence-corrected chi connectivity index (χ0v) is 8.36. The van der Waals surface area contributed by atoms with Gasteiger partial charge in [-0.05, 0) is 0 Å². The zero-order chi connectivity index (χ0) is 10.6. The van der Waals surface area contributed by atoms with E-state index in [0.717, 1.165) is 0 Å². The second-order valence-corrected chi connectivity index (χ2v) is 2.43. The van der Waals surface area contributed by atoms with Crippen LogP contribution in [0.1, 0.15) is 12.8 Å². The molecule has 0 unspecified atom stereocenters. The number of carboxylic acid groups (broad SMARTS) is 3. The smallest absolute Gasteiger partial charge is 0.550 e. The van der Waals surface area contributed by atoms with Crippen LogP contribution in [0.15, 0.2) is 0 Å². The Morgan fingerprint density at radius 1 is 1.07 bits per heavy atom. The van der Waals surface area contributed by atoms with E-state index in [9.17, 15) is 24.6 Å². The Morgan fingerprint density at radius 2 is 1.33 bits per heavy atom. The summed E-state index contributed by atoms with van der Waals surface area (Å²) in [6.07, 6.45) is -2.59. The van der Waals surface area contributed by atoms with Crippen molar-refractivity contribution in [3.8, 4) is 0 Å². The van der Waals surface area contributed by atoms with Gasteiger partial charge in [0.2, 0.25) is 0 Å². The number of carboxylic acids is 3. The van der Waals surface area contributed by atoms with Gasteiger partial charge in [-0.15, -0.1) is 0 Å². The molecule has 0 spiro atoms. The Morgan fingerprint density at radius 3 is 1.47 bits per heavy atom. The standard InChI is InChI=1S/C6H8O7.H3N.Ni/c7-3(8)1-6(13,5(11)12)2-4(9)10;;/h13H,1-2H2,(H,7,8)(H,9,10)(H,11,12);1H3;/q;;+2/p-2. The molecule has 0 heterocycles. The zero-order valence-electron chi connectivity index (χ0n) is 7.37. The van der Waals surface area contributed by atoms with E-state index in [1.807, 2.05) is 0 Å². The van der Waals surface area contributed by atoms with E-state index in [1.54, 1.807) is 0 Å². The summed E-state index contributed by atoms with van der Waals surface area (Å²) in [7, 11) is 0. The summed E-state index contributed by atoms with van der Waals surface area (Å²) in [4.78, 5) is 30.2. The van der Waals surface area contributed by atoms with Gasteiger partial charge >= 0.3 is 22.5 Å². The van der Waals surface area contributed by atoms with Gasteiger partial charge in [-0.2, -0.15) is 0 Å². The number of rotatable bonds is 5. The van der Waals surface area contributed by atoms with Crippen LogP contribution in [0.2, 0.25) is 0 Å². The van der Waals surface area contributed by atoms with Gasteiger partial charge in [0.15, 0.2) is 5.60 Å². The Kier molecular flexibility index (Phi) is 9.26. The minimum absolute atomic E-state index is 0. The third-order valence-corrected chi connectivity index (χ3v) is 1.27. The fourth-order valence-electron chi connectivity index (χ4n) is 0.691. The molecule has 0 bridgehead atoms. The van der Waals surface area contributed by atoms with Crippen LogP contribution in [-0.2, 0) is 30.9 Å². The molecule has 0 aromatic carbocycles. The van der Waals surface area contributed by atoms with Crippen molar-refractivity contribution in [2.24, 2.45) is 0 Å². The Hall–Kier alpha value is -1.18. The second-order valence-electron chi connectivity index (χ2n) is 2.43. The maximum absolute atomic E-state index is 10.3. The number of aliphatic carboxylic acids is 3. The summed E-state index contributed by atoms with van der Waals surface area (Å²) in [6.45, 7) is 0. The quantitative estimate of drug-likeness (QED) is 0.425. The Bertz CT molecular complexity index is 238. The Labute approximate surface area is 94.4 Å². The number of hydrogen-bond donors (Lipinski definition) is 3. The minimum Gasteiger partial charge on any atom is -0.550 e. The fraction of sp³-hybridized carbons (Fsp3) is 0.500. The Balaban J connectivity index is -0.000000720. The molecule has 0 saturated carbocycles. The van der Waals surface area contributed by atoms with Gasteiger partial charge in [0, 0.05) is 24.8 Å². The molecule has 0 radical (unpaired) electrons. The van der Waals surface area contributed by atoms with E-state index in [1.165, 1.54) is 0 Å². The number of carbonyl (C=O) groups excluding carboxylic acids is 2. The van der Waals surface area contributed by atoms with Crippen LogP contribution in [0.4, 0.5) is 0 Å². The molecule has 0 aliphatic carbocycles.